The number of morpholine rings is 1. The summed E-state index contributed by atoms with van der Waals surface area (Å²) in [7, 11) is 0. The van der Waals surface area contributed by atoms with Gasteiger partial charge in [-0.15, -0.1) is 0 Å². The number of hydrogen-bond donors (Lipinski definition) is 2. The van der Waals surface area contributed by atoms with Gasteiger partial charge in [-0.25, -0.2) is 4.98 Å². The van der Waals surface area contributed by atoms with E-state index in [1.165, 1.54) is 23.5 Å². The standard InChI is InChI=1S/C14H16F2N4OS/c15-14(16,17)8-1-2-11-12(3-8)22-13(19-11)20-4-9-6-21-7-10(5-20)18-9/h1-3,9-10,18H,4-7,17H2. The fourth-order valence-electron chi connectivity index (χ4n) is 3.01. The van der Waals surface area contributed by atoms with E-state index in [1.807, 2.05) is 0 Å². The van der Waals surface area contributed by atoms with Crippen molar-refractivity contribution in [1.82, 2.24) is 10.3 Å². The summed E-state index contributed by atoms with van der Waals surface area (Å²) in [6, 6.07) is 1.65. The number of alkyl halides is 2. The van der Waals surface area contributed by atoms with Crippen LogP contribution in [0.1, 0.15) is 5.56 Å². The Morgan fingerprint density at radius 2 is 2.05 bits per heavy atom. The summed E-state index contributed by atoms with van der Waals surface area (Å²) >= 11 is 1.43. The minimum Gasteiger partial charge on any atom is -0.378 e. The van der Waals surface area contributed by atoms with Crippen molar-refractivity contribution in [2.45, 2.75) is 18.1 Å². The molecule has 0 spiro atoms. The molecule has 2 unspecified atom stereocenters. The number of thiazole rings is 1. The summed E-state index contributed by atoms with van der Waals surface area (Å²) in [4.78, 5) is 6.78. The van der Waals surface area contributed by atoms with Gasteiger partial charge in [0.15, 0.2) is 5.13 Å². The van der Waals surface area contributed by atoms with Crippen LogP contribution in [0.15, 0.2) is 18.2 Å². The Bertz CT molecular complexity index is 690. The molecule has 8 heteroatoms. The van der Waals surface area contributed by atoms with Crippen LogP contribution >= 0.6 is 11.3 Å². The normalized spacial score (nSPS) is 25.7. The summed E-state index contributed by atoms with van der Waals surface area (Å²) in [6.07, 6.45) is 0. The molecule has 3 N–H and O–H groups in total. The van der Waals surface area contributed by atoms with E-state index in [-0.39, 0.29) is 5.56 Å². The zero-order valence-corrected chi connectivity index (χ0v) is 12.6. The van der Waals surface area contributed by atoms with E-state index in [0.717, 1.165) is 28.4 Å². The summed E-state index contributed by atoms with van der Waals surface area (Å²) < 4.78 is 32.7. The molecule has 5 nitrogen and oxygen atoms in total. The van der Waals surface area contributed by atoms with Gasteiger partial charge in [-0.2, -0.15) is 8.78 Å². The monoisotopic (exact) mass is 326 g/mol. The molecule has 0 amide bonds. The Labute approximate surface area is 130 Å². The van der Waals surface area contributed by atoms with Crippen molar-refractivity contribution in [1.29, 1.82) is 0 Å². The van der Waals surface area contributed by atoms with E-state index in [2.05, 4.69) is 15.2 Å². The second kappa shape index (κ2) is 5.09. The molecule has 1 aromatic heterocycles. The average Bonchev–Trinajstić information content (AvgIpc) is 2.88. The van der Waals surface area contributed by atoms with E-state index in [1.54, 1.807) is 6.07 Å². The second-order valence-electron chi connectivity index (χ2n) is 5.80. The lowest BCUT2D eigenvalue weighted by Crippen LogP contribution is -2.62. The lowest BCUT2D eigenvalue weighted by atomic mass is 10.1. The number of aromatic nitrogens is 1. The Morgan fingerprint density at radius 3 is 2.73 bits per heavy atom. The van der Waals surface area contributed by atoms with Crippen LogP contribution in [0.25, 0.3) is 10.2 Å². The zero-order chi connectivity index (χ0) is 15.3. The number of piperazine rings is 1. The molecular weight excluding hydrogens is 310 g/mol. The van der Waals surface area contributed by atoms with Gasteiger partial charge in [-0.3, -0.25) is 5.73 Å². The van der Waals surface area contributed by atoms with Gasteiger partial charge in [0, 0.05) is 30.7 Å². The molecule has 22 heavy (non-hydrogen) atoms. The van der Waals surface area contributed by atoms with Crippen LogP contribution in [0.5, 0.6) is 0 Å². The molecule has 2 atom stereocenters. The first-order valence-electron chi connectivity index (χ1n) is 7.15. The second-order valence-corrected chi connectivity index (χ2v) is 6.81. The van der Waals surface area contributed by atoms with Crippen LogP contribution in [-0.4, -0.2) is 43.4 Å². The van der Waals surface area contributed by atoms with Crippen LogP contribution < -0.4 is 16.0 Å². The number of ether oxygens (including phenoxy) is 1. The summed E-state index contributed by atoms with van der Waals surface area (Å²) in [5.41, 5.74) is 5.43. The quantitative estimate of drug-likeness (QED) is 0.819. The van der Waals surface area contributed by atoms with E-state index in [9.17, 15) is 8.78 Å². The van der Waals surface area contributed by atoms with Crippen molar-refractivity contribution in [3.8, 4) is 0 Å². The molecule has 2 fully saturated rings. The highest BCUT2D eigenvalue weighted by atomic mass is 32.1. The van der Waals surface area contributed by atoms with Crippen LogP contribution in [0.2, 0.25) is 0 Å². The third kappa shape index (κ3) is 2.56. The molecule has 2 saturated heterocycles. The maximum atomic E-state index is 13.2. The van der Waals surface area contributed by atoms with Gasteiger partial charge in [0.25, 0.3) is 0 Å². The molecule has 2 bridgehead atoms. The van der Waals surface area contributed by atoms with E-state index in [4.69, 9.17) is 10.5 Å². The first kappa shape index (κ1) is 14.3. The molecule has 2 aromatic rings. The van der Waals surface area contributed by atoms with Crippen LogP contribution in [-0.2, 0) is 10.8 Å². The third-order valence-electron chi connectivity index (χ3n) is 4.02. The number of halogens is 2. The van der Waals surface area contributed by atoms with Crippen molar-refractivity contribution in [3.05, 3.63) is 23.8 Å². The van der Waals surface area contributed by atoms with Gasteiger partial charge in [-0.05, 0) is 18.2 Å². The number of nitrogens with one attached hydrogen (secondary N) is 1. The van der Waals surface area contributed by atoms with Crippen LogP contribution in [0, 0.1) is 0 Å². The van der Waals surface area contributed by atoms with Gasteiger partial charge in [0.05, 0.1) is 23.4 Å². The minimum atomic E-state index is -3.32. The smallest absolute Gasteiger partial charge is 0.327 e. The van der Waals surface area contributed by atoms with Crippen molar-refractivity contribution in [2.75, 3.05) is 31.2 Å². The SMILES string of the molecule is NC(F)(F)c1ccc2nc(N3CC4COCC(C3)N4)sc2c1. The number of anilines is 1. The summed E-state index contributed by atoms with van der Waals surface area (Å²) in [6.45, 7) is 3.02. The number of fused-ring (bicyclic) bond motifs is 3. The maximum Gasteiger partial charge on any atom is 0.327 e. The molecule has 0 aliphatic carbocycles. The minimum absolute atomic E-state index is 0.180. The van der Waals surface area contributed by atoms with E-state index in [0.29, 0.717) is 25.3 Å². The highest BCUT2D eigenvalue weighted by Crippen LogP contribution is 2.33. The number of hydrogen-bond acceptors (Lipinski definition) is 6. The molecule has 2 aliphatic heterocycles. The molecule has 4 rings (SSSR count). The lowest BCUT2D eigenvalue weighted by molar-refractivity contribution is 0.00313. The molecule has 0 saturated carbocycles. The predicted molar refractivity (Wildman–Crippen MR) is 81.4 cm³/mol. The van der Waals surface area contributed by atoms with Gasteiger partial charge in [-0.1, -0.05) is 11.3 Å². The lowest BCUT2D eigenvalue weighted by Gasteiger charge is -2.42. The van der Waals surface area contributed by atoms with Gasteiger partial charge >= 0.3 is 6.05 Å². The number of rotatable bonds is 2. The Hall–Kier alpha value is -1.35. The fourth-order valence-corrected chi connectivity index (χ4v) is 4.03. The third-order valence-corrected chi connectivity index (χ3v) is 5.10. The summed E-state index contributed by atoms with van der Waals surface area (Å²) in [5.74, 6) is 0. The predicted octanol–water partition coefficient (Wildman–Crippen LogP) is 1.48. The topological polar surface area (TPSA) is 63.4 Å². The largest absolute Gasteiger partial charge is 0.378 e. The van der Waals surface area contributed by atoms with Crippen LogP contribution in [0.3, 0.4) is 0 Å². The molecule has 118 valence electrons. The number of benzene rings is 1. The molecular formula is C14H16F2N4OS. The van der Waals surface area contributed by atoms with Gasteiger partial charge < -0.3 is 15.0 Å². The molecule has 3 heterocycles. The first-order chi connectivity index (χ1) is 10.5. The highest BCUT2D eigenvalue weighted by Gasteiger charge is 2.32. The van der Waals surface area contributed by atoms with Crippen molar-refractivity contribution < 1.29 is 13.5 Å². The van der Waals surface area contributed by atoms with Crippen molar-refractivity contribution in [3.63, 3.8) is 0 Å². The Morgan fingerprint density at radius 1 is 1.32 bits per heavy atom. The van der Waals surface area contributed by atoms with Crippen molar-refractivity contribution >= 4 is 26.7 Å². The maximum absolute atomic E-state index is 13.2. The van der Waals surface area contributed by atoms with Gasteiger partial charge in [0.1, 0.15) is 0 Å². The zero-order valence-electron chi connectivity index (χ0n) is 11.8. The number of nitrogens with two attached hydrogens (primary N) is 1. The number of nitrogens with zero attached hydrogens (tertiary/aromatic N) is 2. The van der Waals surface area contributed by atoms with E-state index < -0.39 is 6.05 Å². The average molecular weight is 326 g/mol. The highest BCUT2D eigenvalue weighted by molar-refractivity contribution is 7.22. The van der Waals surface area contributed by atoms with Crippen molar-refractivity contribution in [2.24, 2.45) is 5.73 Å². The fraction of sp³-hybridized carbons (Fsp3) is 0.500. The van der Waals surface area contributed by atoms with Gasteiger partial charge in [0.2, 0.25) is 0 Å². The molecule has 2 aliphatic rings. The molecule has 0 radical (unpaired) electrons. The molecule has 1 aromatic carbocycles. The first-order valence-corrected chi connectivity index (χ1v) is 7.97. The van der Waals surface area contributed by atoms with E-state index >= 15 is 0 Å². The Kier molecular flexibility index (Phi) is 3.30. The van der Waals surface area contributed by atoms with Crippen LogP contribution in [0.4, 0.5) is 13.9 Å². The summed E-state index contributed by atoms with van der Waals surface area (Å²) in [5, 5.41) is 4.38. The Balaban J connectivity index is 1.65.